The summed E-state index contributed by atoms with van der Waals surface area (Å²) in [5, 5.41) is 5.14. The summed E-state index contributed by atoms with van der Waals surface area (Å²) < 4.78 is 4.84. The van der Waals surface area contributed by atoms with Gasteiger partial charge >= 0.3 is 0 Å². The Morgan fingerprint density at radius 2 is 0.881 bits per heavy atom. The zero-order valence-corrected chi connectivity index (χ0v) is 24.2. The Hall–Kier alpha value is -5.08. The Labute approximate surface area is 247 Å². The van der Waals surface area contributed by atoms with Gasteiger partial charge in [-0.05, 0) is 48.0 Å². The van der Waals surface area contributed by atoms with Crippen LogP contribution in [0, 0.1) is 0 Å². The van der Waals surface area contributed by atoms with Crippen LogP contribution in [-0.2, 0) is 0 Å². The molecule has 42 heavy (non-hydrogen) atoms. The second kappa shape index (κ2) is 11.1. The molecule has 0 atom stereocenters. The van der Waals surface area contributed by atoms with Crippen molar-refractivity contribution in [3.05, 3.63) is 146 Å². The molecule has 0 unspecified atom stereocenters. The molecular formula is C40H34N2. The summed E-state index contributed by atoms with van der Waals surface area (Å²) in [6.45, 7) is 4.36. The van der Waals surface area contributed by atoms with Crippen molar-refractivity contribution in [3.8, 4) is 22.5 Å². The lowest BCUT2D eigenvalue weighted by atomic mass is 10.0. The molecule has 0 saturated heterocycles. The van der Waals surface area contributed by atoms with Gasteiger partial charge in [0.2, 0.25) is 0 Å². The van der Waals surface area contributed by atoms with Gasteiger partial charge in [-0.25, -0.2) is 0 Å². The van der Waals surface area contributed by atoms with Gasteiger partial charge in [-0.1, -0.05) is 130 Å². The van der Waals surface area contributed by atoms with Crippen molar-refractivity contribution >= 4 is 43.6 Å². The van der Waals surface area contributed by atoms with Gasteiger partial charge in [-0.3, -0.25) is 0 Å². The van der Waals surface area contributed by atoms with Crippen LogP contribution in [0.15, 0.2) is 146 Å². The third kappa shape index (κ3) is 4.19. The summed E-state index contributed by atoms with van der Waals surface area (Å²) in [6.07, 6.45) is 2.64. The van der Waals surface area contributed by atoms with Crippen molar-refractivity contribution in [2.45, 2.75) is 26.7 Å². The molecule has 0 aliphatic rings. The molecule has 2 heteroatoms. The van der Waals surface area contributed by atoms with Crippen LogP contribution in [0.4, 0.5) is 0 Å². The van der Waals surface area contributed by atoms with Gasteiger partial charge in [0.25, 0.3) is 0 Å². The molecule has 0 radical (unpaired) electrons. The van der Waals surface area contributed by atoms with E-state index in [1.54, 1.807) is 0 Å². The second-order valence-corrected chi connectivity index (χ2v) is 10.8. The number of aromatic nitrogens is 2. The van der Waals surface area contributed by atoms with E-state index in [9.17, 15) is 0 Å². The van der Waals surface area contributed by atoms with E-state index in [0.717, 1.165) is 0 Å². The van der Waals surface area contributed by atoms with Gasteiger partial charge in [0.1, 0.15) is 0 Å². The van der Waals surface area contributed by atoms with Crippen LogP contribution >= 0.6 is 0 Å². The predicted molar refractivity (Wildman–Crippen MR) is 181 cm³/mol. The zero-order valence-electron chi connectivity index (χ0n) is 24.2. The van der Waals surface area contributed by atoms with E-state index in [-0.39, 0.29) is 0 Å². The monoisotopic (exact) mass is 542 g/mol. The number of unbranched alkanes of at least 4 members (excludes halogenated alkanes) is 1. The fourth-order valence-electron chi connectivity index (χ4n) is 6.16. The highest BCUT2D eigenvalue weighted by Gasteiger charge is 2.21. The minimum atomic E-state index is 1.18. The van der Waals surface area contributed by atoms with Crippen molar-refractivity contribution in [2.24, 2.45) is 0 Å². The minimum Gasteiger partial charge on any atom is -0.309 e. The largest absolute Gasteiger partial charge is 0.309 e. The first-order valence-electron chi connectivity index (χ1n) is 15.0. The third-order valence-corrected chi connectivity index (χ3v) is 8.22. The molecule has 0 saturated carbocycles. The van der Waals surface area contributed by atoms with Crippen LogP contribution in [0.25, 0.3) is 66.1 Å². The maximum absolute atomic E-state index is 2.45. The van der Waals surface area contributed by atoms with E-state index in [2.05, 4.69) is 169 Å². The maximum Gasteiger partial charge on any atom is 0.0549 e. The molecule has 0 bridgehead atoms. The first kappa shape index (κ1) is 25.9. The summed E-state index contributed by atoms with van der Waals surface area (Å²) in [5.41, 5.74) is 9.70. The Bertz CT molecular complexity index is 2150. The second-order valence-electron chi connectivity index (χ2n) is 10.8. The number of nitrogens with zero attached hydrogens (tertiary/aromatic N) is 2. The van der Waals surface area contributed by atoms with Crippen molar-refractivity contribution in [1.82, 2.24) is 9.13 Å². The first-order valence-corrected chi connectivity index (χ1v) is 15.0. The predicted octanol–water partition coefficient (Wildman–Crippen LogP) is 11.4. The minimum absolute atomic E-state index is 1.18. The molecule has 204 valence electrons. The lowest BCUT2D eigenvalue weighted by molar-refractivity contribution is 0.886. The average Bonchev–Trinajstić information content (AvgIpc) is 3.58. The molecule has 6 aromatic carbocycles. The SMILES string of the molecule is CCCC.c1ccc(-c2ccccc2-n2c3ccccc3c3c4c5ccccc5n(-c5ccccc5)c4ccc32)cc1. The van der Waals surface area contributed by atoms with E-state index >= 15 is 0 Å². The summed E-state index contributed by atoms with van der Waals surface area (Å²) >= 11 is 0. The summed E-state index contributed by atoms with van der Waals surface area (Å²) in [7, 11) is 0. The Kier molecular flexibility index (Phi) is 6.81. The fraction of sp³-hybridized carbons (Fsp3) is 0.100. The van der Waals surface area contributed by atoms with E-state index in [4.69, 9.17) is 0 Å². The first-order chi connectivity index (χ1) is 20.8. The lowest BCUT2D eigenvalue weighted by Gasteiger charge is -2.14. The van der Waals surface area contributed by atoms with Crippen molar-refractivity contribution in [3.63, 3.8) is 0 Å². The molecule has 2 nitrogen and oxygen atoms in total. The Morgan fingerprint density at radius 3 is 1.50 bits per heavy atom. The van der Waals surface area contributed by atoms with E-state index in [1.807, 2.05) is 0 Å². The Balaban J connectivity index is 0.000000680. The zero-order chi connectivity index (χ0) is 28.5. The highest BCUT2D eigenvalue weighted by atomic mass is 15.0. The van der Waals surface area contributed by atoms with Crippen LogP contribution in [0.2, 0.25) is 0 Å². The molecule has 8 rings (SSSR count). The number of hydrogen-bond donors (Lipinski definition) is 0. The summed E-state index contributed by atoms with van der Waals surface area (Å²) in [6, 6.07) is 52.3. The van der Waals surface area contributed by atoms with Crippen LogP contribution < -0.4 is 0 Å². The van der Waals surface area contributed by atoms with E-state index < -0.39 is 0 Å². The van der Waals surface area contributed by atoms with Gasteiger partial charge in [0.05, 0.1) is 27.8 Å². The van der Waals surface area contributed by atoms with Crippen LogP contribution in [0.3, 0.4) is 0 Å². The number of para-hydroxylation sites is 4. The van der Waals surface area contributed by atoms with Crippen LogP contribution in [-0.4, -0.2) is 9.13 Å². The van der Waals surface area contributed by atoms with Crippen molar-refractivity contribution in [1.29, 1.82) is 0 Å². The number of benzene rings is 6. The third-order valence-electron chi connectivity index (χ3n) is 8.22. The highest BCUT2D eigenvalue weighted by molar-refractivity contribution is 6.29. The molecule has 0 N–H and O–H groups in total. The van der Waals surface area contributed by atoms with E-state index in [1.165, 1.54) is 79.0 Å². The standard InChI is InChI=1S/C36H24N2.C4H10/c1-3-13-25(14-4-1)27-17-7-10-20-30(27)38-32-22-12-9-19-29(32)36-34(38)24-23-33-35(36)28-18-8-11-21-31(28)37(33)26-15-5-2-6-16-26;1-3-4-2/h1-24H;3-4H2,1-2H3. The Morgan fingerprint density at radius 1 is 0.405 bits per heavy atom. The molecular weight excluding hydrogens is 508 g/mol. The van der Waals surface area contributed by atoms with Gasteiger partial charge < -0.3 is 9.13 Å². The molecule has 0 aliphatic heterocycles. The van der Waals surface area contributed by atoms with Crippen LogP contribution in [0.1, 0.15) is 26.7 Å². The lowest BCUT2D eigenvalue weighted by Crippen LogP contribution is -1.97. The van der Waals surface area contributed by atoms with Crippen molar-refractivity contribution < 1.29 is 0 Å². The summed E-state index contributed by atoms with van der Waals surface area (Å²) in [5.74, 6) is 0. The molecule has 0 spiro atoms. The quantitative estimate of drug-likeness (QED) is 0.209. The molecule has 2 aromatic heterocycles. The van der Waals surface area contributed by atoms with Gasteiger partial charge in [-0.15, -0.1) is 0 Å². The summed E-state index contributed by atoms with van der Waals surface area (Å²) in [4.78, 5) is 0. The number of fused-ring (bicyclic) bond motifs is 7. The smallest absolute Gasteiger partial charge is 0.0549 e. The molecule has 0 fully saturated rings. The molecule has 2 heterocycles. The van der Waals surface area contributed by atoms with Crippen LogP contribution in [0.5, 0.6) is 0 Å². The number of rotatable bonds is 4. The van der Waals surface area contributed by atoms with Crippen molar-refractivity contribution in [2.75, 3.05) is 0 Å². The number of hydrogen-bond acceptors (Lipinski definition) is 0. The molecule has 0 aliphatic carbocycles. The van der Waals surface area contributed by atoms with Gasteiger partial charge in [0.15, 0.2) is 0 Å². The fourth-order valence-corrected chi connectivity index (χ4v) is 6.16. The average molecular weight is 543 g/mol. The van der Waals surface area contributed by atoms with E-state index in [0.29, 0.717) is 0 Å². The topological polar surface area (TPSA) is 9.86 Å². The normalized spacial score (nSPS) is 11.3. The molecule has 8 aromatic rings. The van der Waals surface area contributed by atoms with Gasteiger partial charge in [0, 0.05) is 32.8 Å². The van der Waals surface area contributed by atoms with Gasteiger partial charge in [-0.2, -0.15) is 0 Å². The highest BCUT2D eigenvalue weighted by Crippen LogP contribution is 2.43. The molecule has 0 amide bonds. The maximum atomic E-state index is 2.45.